The number of carbonyl (C=O) groups excluding carboxylic acids is 2. The van der Waals surface area contributed by atoms with Gasteiger partial charge in [-0.25, -0.2) is 4.79 Å². The molecule has 2 atom stereocenters. The fourth-order valence-corrected chi connectivity index (χ4v) is 1.63. The summed E-state index contributed by atoms with van der Waals surface area (Å²) in [5.74, 6) is -2.01. The number of β-amino-alcohol motifs (C(OH)–C–C–N with tert-alkyl or cyclic N) is 1. The zero-order valence-electron chi connectivity index (χ0n) is 8.84. The van der Waals surface area contributed by atoms with Gasteiger partial charge in [0.05, 0.1) is 12.6 Å². The Balaban J connectivity index is 2.59. The lowest BCUT2D eigenvalue weighted by Gasteiger charge is -2.20. The molecule has 1 aliphatic rings. The number of nitrogens with one attached hydrogen (secondary N) is 1. The Morgan fingerprint density at radius 2 is 2.06 bits per heavy atom. The summed E-state index contributed by atoms with van der Waals surface area (Å²) in [6.45, 7) is 1.02. The van der Waals surface area contributed by atoms with Gasteiger partial charge in [-0.15, -0.1) is 0 Å². The van der Waals surface area contributed by atoms with Crippen LogP contribution >= 0.6 is 0 Å². The van der Waals surface area contributed by atoms with Crippen molar-refractivity contribution in [2.75, 3.05) is 13.1 Å². The van der Waals surface area contributed by atoms with E-state index in [1.807, 2.05) is 0 Å². The van der Waals surface area contributed by atoms with Gasteiger partial charge in [0.25, 0.3) is 0 Å². The van der Waals surface area contributed by atoms with Crippen molar-refractivity contribution in [3.05, 3.63) is 0 Å². The predicted molar refractivity (Wildman–Crippen MR) is 52.4 cm³/mol. The van der Waals surface area contributed by atoms with Gasteiger partial charge in [0.2, 0.25) is 11.8 Å². The number of amides is 2. The third-order valence-electron chi connectivity index (χ3n) is 2.37. The summed E-state index contributed by atoms with van der Waals surface area (Å²) in [5.41, 5.74) is 0. The third kappa shape index (κ3) is 2.93. The third-order valence-corrected chi connectivity index (χ3v) is 2.37. The maximum Gasteiger partial charge on any atom is 0.326 e. The molecule has 0 saturated carbocycles. The molecule has 1 saturated heterocycles. The van der Waals surface area contributed by atoms with Crippen LogP contribution in [-0.2, 0) is 14.4 Å². The van der Waals surface area contributed by atoms with Crippen LogP contribution in [0.3, 0.4) is 0 Å². The molecule has 1 fully saturated rings. The molecule has 0 aromatic carbocycles. The van der Waals surface area contributed by atoms with Crippen LogP contribution in [0.2, 0.25) is 0 Å². The molecule has 1 aliphatic heterocycles. The number of likely N-dealkylation sites (tertiary alicyclic amines) is 1. The van der Waals surface area contributed by atoms with Gasteiger partial charge in [-0.2, -0.15) is 0 Å². The van der Waals surface area contributed by atoms with Gasteiger partial charge >= 0.3 is 5.97 Å². The van der Waals surface area contributed by atoms with Crippen LogP contribution in [0.5, 0.6) is 0 Å². The van der Waals surface area contributed by atoms with Crippen molar-refractivity contribution >= 4 is 17.8 Å². The lowest BCUT2D eigenvalue weighted by Crippen LogP contribution is -2.45. The number of aliphatic hydroxyl groups excluding tert-OH is 1. The summed E-state index contributed by atoms with van der Waals surface area (Å²) in [7, 11) is 0. The molecular weight excluding hydrogens is 216 g/mol. The van der Waals surface area contributed by atoms with Crippen LogP contribution in [0.4, 0.5) is 0 Å². The molecule has 0 radical (unpaired) electrons. The van der Waals surface area contributed by atoms with Crippen LogP contribution in [-0.4, -0.2) is 58.1 Å². The minimum Gasteiger partial charge on any atom is -0.480 e. The molecule has 1 unspecified atom stereocenters. The molecule has 0 aliphatic carbocycles. The molecule has 90 valence electrons. The molecule has 1 heterocycles. The van der Waals surface area contributed by atoms with Crippen molar-refractivity contribution in [2.45, 2.75) is 25.5 Å². The van der Waals surface area contributed by atoms with Crippen molar-refractivity contribution in [3.8, 4) is 0 Å². The lowest BCUT2D eigenvalue weighted by molar-refractivity contribution is -0.148. The van der Waals surface area contributed by atoms with Gasteiger partial charge in [0.1, 0.15) is 6.04 Å². The molecule has 3 N–H and O–H groups in total. The molecule has 2 amide bonds. The fourth-order valence-electron chi connectivity index (χ4n) is 1.63. The Morgan fingerprint density at radius 1 is 1.44 bits per heavy atom. The predicted octanol–water partition coefficient (Wildman–Crippen LogP) is -1.83. The molecule has 16 heavy (non-hydrogen) atoms. The minimum absolute atomic E-state index is 0.00458. The van der Waals surface area contributed by atoms with Crippen molar-refractivity contribution < 1.29 is 24.6 Å². The molecule has 7 nitrogen and oxygen atoms in total. The molecule has 0 spiro atoms. The number of hydrogen-bond donors (Lipinski definition) is 3. The first-order valence-electron chi connectivity index (χ1n) is 4.86. The van der Waals surface area contributed by atoms with Crippen molar-refractivity contribution in [1.82, 2.24) is 10.2 Å². The van der Waals surface area contributed by atoms with Crippen LogP contribution < -0.4 is 5.32 Å². The number of carbonyl (C=O) groups is 3. The number of aliphatic carboxylic acids is 1. The molecule has 0 bridgehead atoms. The maximum atomic E-state index is 11.5. The van der Waals surface area contributed by atoms with E-state index in [0.29, 0.717) is 0 Å². The van der Waals surface area contributed by atoms with Gasteiger partial charge in [0, 0.05) is 19.9 Å². The highest BCUT2D eigenvalue weighted by atomic mass is 16.4. The lowest BCUT2D eigenvalue weighted by atomic mass is 10.2. The van der Waals surface area contributed by atoms with Crippen molar-refractivity contribution in [3.63, 3.8) is 0 Å². The Hall–Kier alpha value is -1.63. The summed E-state index contributed by atoms with van der Waals surface area (Å²) in [6, 6.07) is -1.00. The average molecular weight is 230 g/mol. The summed E-state index contributed by atoms with van der Waals surface area (Å²) < 4.78 is 0. The molecule has 1 rings (SSSR count). The number of hydrogen-bond acceptors (Lipinski definition) is 4. The van der Waals surface area contributed by atoms with Gasteiger partial charge in [-0.3, -0.25) is 9.59 Å². The molecule has 7 heteroatoms. The number of carboxylic acid groups (broad SMARTS) is 1. The zero-order valence-corrected chi connectivity index (χ0v) is 8.84. The van der Waals surface area contributed by atoms with Crippen molar-refractivity contribution in [1.29, 1.82) is 0 Å². The van der Waals surface area contributed by atoms with Crippen LogP contribution in [0.15, 0.2) is 0 Å². The monoisotopic (exact) mass is 230 g/mol. The summed E-state index contributed by atoms with van der Waals surface area (Å²) >= 11 is 0. The summed E-state index contributed by atoms with van der Waals surface area (Å²) in [5, 5.41) is 20.4. The van der Waals surface area contributed by atoms with Gasteiger partial charge in [-0.05, 0) is 0 Å². The fraction of sp³-hybridized carbons (Fsp3) is 0.667. The van der Waals surface area contributed by atoms with E-state index in [1.54, 1.807) is 0 Å². The number of aliphatic hydroxyl groups is 1. The van der Waals surface area contributed by atoms with E-state index in [0.717, 1.165) is 4.90 Å². The topological polar surface area (TPSA) is 107 Å². The minimum atomic E-state index is -1.15. The Morgan fingerprint density at radius 3 is 2.56 bits per heavy atom. The highest BCUT2D eigenvalue weighted by Crippen LogP contribution is 2.17. The second-order valence-corrected chi connectivity index (χ2v) is 3.70. The van der Waals surface area contributed by atoms with E-state index in [9.17, 15) is 19.5 Å². The Labute approximate surface area is 92.0 Å². The Bertz CT molecular complexity index is 317. The van der Waals surface area contributed by atoms with Gasteiger partial charge < -0.3 is 20.4 Å². The highest BCUT2D eigenvalue weighted by molar-refractivity contribution is 5.88. The van der Waals surface area contributed by atoms with E-state index >= 15 is 0 Å². The molecule has 0 aromatic heterocycles. The first kappa shape index (κ1) is 12.4. The van der Waals surface area contributed by atoms with E-state index in [4.69, 9.17) is 5.11 Å². The zero-order chi connectivity index (χ0) is 12.3. The number of nitrogens with zero attached hydrogens (tertiary/aromatic N) is 1. The van der Waals surface area contributed by atoms with Gasteiger partial charge in [0.15, 0.2) is 0 Å². The SMILES string of the molecule is CC(=O)NCC(=O)N1CC(O)C[C@H]1C(=O)O. The normalized spacial score (nSPS) is 24.2. The van der Waals surface area contributed by atoms with Crippen molar-refractivity contribution in [2.24, 2.45) is 0 Å². The van der Waals surface area contributed by atoms with Gasteiger partial charge in [-0.1, -0.05) is 0 Å². The van der Waals surface area contributed by atoms with E-state index in [1.165, 1.54) is 6.92 Å². The number of carboxylic acids is 1. The second-order valence-electron chi connectivity index (χ2n) is 3.70. The first-order valence-corrected chi connectivity index (χ1v) is 4.86. The number of rotatable bonds is 3. The molecule has 0 aromatic rings. The second kappa shape index (κ2) is 4.93. The summed E-state index contributed by atoms with van der Waals surface area (Å²) in [6.07, 6.45) is -0.788. The quantitative estimate of drug-likeness (QED) is 0.528. The standard InChI is InChI=1S/C9H14N2O5/c1-5(12)10-3-8(14)11-4-6(13)2-7(11)9(15)16/h6-7,13H,2-4H2,1H3,(H,10,12)(H,15,16)/t6?,7-/m0/s1. The van der Waals surface area contributed by atoms with E-state index in [2.05, 4.69) is 5.32 Å². The largest absolute Gasteiger partial charge is 0.480 e. The van der Waals surface area contributed by atoms with Crippen LogP contribution in [0.25, 0.3) is 0 Å². The van der Waals surface area contributed by atoms with E-state index in [-0.39, 0.29) is 25.4 Å². The van der Waals surface area contributed by atoms with E-state index < -0.39 is 24.0 Å². The maximum absolute atomic E-state index is 11.5. The summed E-state index contributed by atoms with van der Waals surface area (Å²) in [4.78, 5) is 34.0. The first-order chi connectivity index (χ1) is 7.41. The molecular formula is C9H14N2O5. The highest BCUT2D eigenvalue weighted by Gasteiger charge is 2.38. The van der Waals surface area contributed by atoms with Crippen LogP contribution in [0.1, 0.15) is 13.3 Å². The average Bonchev–Trinajstić information content (AvgIpc) is 2.56. The Kier molecular flexibility index (Phi) is 3.83. The van der Waals surface area contributed by atoms with Crippen LogP contribution in [0, 0.1) is 0 Å². The smallest absolute Gasteiger partial charge is 0.326 e.